The zero-order valence-corrected chi connectivity index (χ0v) is 23.0. The van der Waals surface area contributed by atoms with Crippen molar-refractivity contribution in [3.8, 4) is 0 Å². The van der Waals surface area contributed by atoms with Crippen LogP contribution in [0.25, 0.3) is 0 Å². The number of aliphatic hydroxyl groups is 1. The van der Waals surface area contributed by atoms with Crippen LogP contribution in [0.2, 0.25) is 5.02 Å². The van der Waals surface area contributed by atoms with Crippen LogP contribution in [-0.4, -0.2) is 65.7 Å². The number of hydrogen-bond acceptors (Lipinski definition) is 6. The zero-order valence-electron chi connectivity index (χ0n) is 22.3. The summed E-state index contributed by atoms with van der Waals surface area (Å²) in [6.45, 7) is 13.3. The number of carbonyl (C=O) groups excluding carboxylic acids is 3. The maximum Gasteiger partial charge on any atom is 0.510 e. The minimum absolute atomic E-state index is 0.155. The van der Waals surface area contributed by atoms with Crippen molar-refractivity contribution in [1.29, 1.82) is 0 Å². The van der Waals surface area contributed by atoms with Gasteiger partial charge in [-0.2, -0.15) is 0 Å². The average Bonchev–Trinajstić information content (AvgIpc) is 2.75. The second-order valence-electron chi connectivity index (χ2n) is 11.0. The van der Waals surface area contributed by atoms with E-state index >= 15 is 0 Å². The van der Waals surface area contributed by atoms with Gasteiger partial charge in [0.1, 0.15) is 12.6 Å². The molecule has 10 heteroatoms. The molecule has 3 amide bonds. The number of urea groups is 1. The average molecular weight is 526 g/mol. The smallest absolute Gasteiger partial charge is 0.431 e. The summed E-state index contributed by atoms with van der Waals surface area (Å²) in [4.78, 5) is 39.8. The number of aliphatic hydroxyl groups excluding tert-OH is 1. The Morgan fingerprint density at radius 3 is 2.33 bits per heavy atom. The topological polar surface area (TPSA) is 117 Å². The van der Waals surface area contributed by atoms with Gasteiger partial charge in [-0.25, -0.2) is 9.59 Å². The molecule has 0 aromatic heterocycles. The lowest BCUT2D eigenvalue weighted by Crippen LogP contribution is -2.59. The molecule has 1 heterocycles. The van der Waals surface area contributed by atoms with Crippen LogP contribution in [0.4, 0.5) is 9.59 Å². The number of halogens is 1. The van der Waals surface area contributed by atoms with Gasteiger partial charge in [0, 0.05) is 18.1 Å². The summed E-state index contributed by atoms with van der Waals surface area (Å²) in [5.41, 5.74) is -0.374. The Kier molecular flexibility index (Phi) is 10.0. The van der Waals surface area contributed by atoms with E-state index in [1.54, 1.807) is 0 Å². The molecule has 1 aliphatic rings. The Hall–Kier alpha value is -2.52. The summed E-state index contributed by atoms with van der Waals surface area (Å²) >= 11 is 6.05. The van der Waals surface area contributed by atoms with Crippen LogP contribution in [0.3, 0.4) is 0 Å². The Morgan fingerprint density at radius 1 is 1.19 bits per heavy atom. The van der Waals surface area contributed by atoms with Crippen LogP contribution in [0.1, 0.15) is 66.4 Å². The van der Waals surface area contributed by atoms with E-state index in [4.69, 9.17) is 21.1 Å². The lowest BCUT2D eigenvalue weighted by atomic mass is 9.70. The van der Waals surface area contributed by atoms with Crippen molar-refractivity contribution in [2.75, 3.05) is 19.7 Å². The summed E-state index contributed by atoms with van der Waals surface area (Å²) in [6, 6.07) is 6.45. The van der Waals surface area contributed by atoms with Crippen LogP contribution < -0.4 is 10.6 Å². The fourth-order valence-corrected chi connectivity index (χ4v) is 4.60. The normalized spacial score (nSPS) is 19.3. The molecule has 1 aromatic rings. The third-order valence-electron chi connectivity index (χ3n) is 6.23. The molecular weight excluding hydrogens is 486 g/mol. The van der Waals surface area contributed by atoms with E-state index < -0.39 is 30.1 Å². The highest BCUT2D eigenvalue weighted by Gasteiger charge is 2.41. The summed E-state index contributed by atoms with van der Waals surface area (Å²) < 4.78 is 9.89. The fourth-order valence-electron chi connectivity index (χ4n) is 4.47. The molecule has 9 nitrogen and oxygen atoms in total. The zero-order chi connectivity index (χ0) is 27.3. The molecule has 0 spiro atoms. The van der Waals surface area contributed by atoms with E-state index in [1.807, 2.05) is 43.0 Å². The molecular formula is C26H40ClN3O6. The fraction of sp³-hybridized carbons (Fsp3) is 0.654. The van der Waals surface area contributed by atoms with Gasteiger partial charge in [0.15, 0.2) is 5.72 Å². The molecule has 3 N–H and O–H groups in total. The van der Waals surface area contributed by atoms with E-state index in [1.165, 1.54) is 26.3 Å². The summed E-state index contributed by atoms with van der Waals surface area (Å²) in [6.07, 6.45) is -1.06. The van der Waals surface area contributed by atoms with Gasteiger partial charge >= 0.3 is 12.2 Å². The highest BCUT2D eigenvalue weighted by Crippen LogP contribution is 2.42. The van der Waals surface area contributed by atoms with Gasteiger partial charge in [-0.3, -0.25) is 4.79 Å². The number of benzene rings is 1. The molecule has 1 saturated heterocycles. The van der Waals surface area contributed by atoms with Crippen LogP contribution >= 0.6 is 11.6 Å². The van der Waals surface area contributed by atoms with E-state index in [0.29, 0.717) is 18.1 Å². The van der Waals surface area contributed by atoms with Crippen LogP contribution in [0.5, 0.6) is 0 Å². The third-order valence-corrected chi connectivity index (χ3v) is 6.48. The molecule has 2 rings (SSSR count). The first kappa shape index (κ1) is 29.7. The Labute approximate surface area is 218 Å². The van der Waals surface area contributed by atoms with E-state index in [9.17, 15) is 19.5 Å². The highest BCUT2D eigenvalue weighted by molar-refractivity contribution is 6.30. The number of nitrogens with one attached hydrogen (secondary N) is 2. The second kappa shape index (κ2) is 12.1. The molecule has 0 bridgehead atoms. The number of hydrogen-bond donors (Lipinski definition) is 3. The molecule has 0 radical (unpaired) electrons. The van der Waals surface area contributed by atoms with Crippen molar-refractivity contribution < 1.29 is 29.0 Å². The first-order chi connectivity index (χ1) is 16.6. The number of carbonyl (C=O) groups is 3. The predicted octanol–water partition coefficient (Wildman–Crippen LogP) is 4.28. The molecule has 1 aliphatic heterocycles. The van der Waals surface area contributed by atoms with Gasteiger partial charge in [-0.05, 0) is 62.1 Å². The molecule has 0 aliphatic carbocycles. The quantitative estimate of drug-likeness (QED) is 0.344. The number of likely N-dealkylation sites (tertiary alicyclic amines) is 1. The Morgan fingerprint density at radius 2 is 1.81 bits per heavy atom. The third kappa shape index (κ3) is 8.55. The number of nitrogens with zero attached hydrogens (tertiary/aromatic N) is 1. The maximum atomic E-state index is 13.5. The van der Waals surface area contributed by atoms with Gasteiger partial charge in [0.25, 0.3) is 0 Å². The summed E-state index contributed by atoms with van der Waals surface area (Å²) in [7, 11) is 0. The van der Waals surface area contributed by atoms with Crippen molar-refractivity contribution in [3.63, 3.8) is 0 Å². The van der Waals surface area contributed by atoms with Crippen molar-refractivity contribution >= 4 is 29.7 Å². The first-order valence-electron chi connectivity index (χ1n) is 12.3. The standard InChI is InChI=1S/C26H40ClN3O6/c1-16(2)21(28-23(33)29-26(6,7)36-24(34)35-14-17(3)31)22(32)30-13-12-20(25(4,5)15-30)18-8-10-19(27)11-9-18/h8-11,16-17,20-21,31H,12-15H2,1-7H3,(H2,28,29,33). The van der Waals surface area contributed by atoms with Crippen molar-refractivity contribution in [3.05, 3.63) is 34.9 Å². The van der Waals surface area contributed by atoms with Crippen molar-refractivity contribution in [2.45, 2.75) is 78.7 Å². The lowest BCUT2D eigenvalue weighted by Gasteiger charge is -2.45. The minimum Gasteiger partial charge on any atom is -0.431 e. The van der Waals surface area contributed by atoms with Crippen LogP contribution in [0.15, 0.2) is 24.3 Å². The SMILES string of the molecule is CC(O)COC(=O)OC(C)(C)NC(=O)NC(C(=O)N1CCC(c2ccc(Cl)cc2)C(C)(C)C1)C(C)C. The summed E-state index contributed by atoms with van der Waals surface area (Å²) in [5.74, 6) is -0.0441. The molecule has 202 valence electrons. The van der Waals surface area contributed by atoms with Gasteiger partial charge in [-0.15, -0.1) is 0 Å². The highest BCUT2D eigenvalue weighted by atomic mass is 35.5. The van der Waals surface area contributed by atoms with Gasteiger partial charge in [-0.1, -0.05) is 51.4 Å². The van der Waals surface area contributed by atoms with E-state index in [0.717, 1.165) is 6.42 Å². The largest absolute Gasteiger partial charge is 0.510 e. The molecule has 0 saturated carbocycles. The van der Waals surface area contributed by atoms with Crippen LogP contribution in [-0.2, 0) is 14.3 Å². The number of rotatable bonds is 8. The van der Waals surface area contributed by atoms with Crippen molar-refractivity contribution in [1.82, 2.24) is 15.5 Å². The molecule has 3 unspecified atom stereocenters. The predicted molar refractivity (Wildman–Crippen MR) is 138 cm³/mol. The first-order valence-corrected chi connectivity index (χ1v) is 12.7. The maximum absolute atomic E-state index is 13.5. The minimum atomic E-state index is -1.40. The van der Waals surface area contributed by atoms with Gasteiger partial charge in [0.2, 0.25) is 5.91 Å². The number of ether oxygens (including phenoxy) is 2. The lowest BCUT2D eigenvalue weighted by molar-refractivity contribution is -0.138. The number of amides is 3. The number of piperidine rings is 1. The second-order valence-corrected chi connectivity index (χ2v) is 11.4. The molecule has 3 atom stereocenters. The Balaban J connectivity index is 2.01. The van der Waals surface area contributed by atoms with Gasteiger partial charge in [0.05, 0.1) is 6.10 Å². The monoisotopic (exact) mass is 525 g/mol. The summed E-state index contributed by atoms with van der Waals surface area (Å²) in [5, 5.41) is 15.2. The molecule has 1 aromatic carbocycles. The van der Waals surface area contributed by atoms with Gasteiger partial charge < -0.3 is 30.1 Å². The molecule has 36 heavy (non-hydrogen) atoms. The van der Waals surface area contributed by atoms with E-state index in [2.05, 4.69) is 24.5 Å². The van der Waals surface area contributed by atoms with Crippen molar-refractivity contribution in [2.24, 2.45) is 11.3 Å². The Bertz CT molecular complexity index is 917. The van der Waals surface area contributed by atoms with Crippen LogP contribution in [0, 0.1) is 11.3 Å². The van der Waals surface area contributed by atoms with E-state index in [-0.39, 0.29) is 29.8 Å². The molecule has 1 fully saturated rings.